The topological polar surface area (TPSA) is 13.0 Å². The molecule has 4 nitrogen and oxygen atoms in total. The number of nitrogens with zero attached hydrogens (tertiary/aromatic N) is 4. The molecule has 0 saturated heterocycles. The fourth-order valence-corrected chi connectivity index (χ4v) is 15.7. The van der Waals surface area contributed by atoms with Gasteiger partial charge in [0.1, 0.15) is 0 Å². The maximum atomic E-state index is 2.73. The van der Waals surface area contributed by atoms with Crippen molar-refractivity contribution in [2.75, 3.05) is 19.6 Å². The third kappa shape index (κ3) is 6.61. The minimum absolute atomic E-state index is 0.102. The van der Waals surface area contributed by atoms with Gasteiger partial charge in [-0.2, -0.15) is 0 Å². The van der Waals surface area contributed by atoms with Gasteiger partial charge in [0.2, 0.25) is 0 Å². The lowest BCUT2D eigenvalue weighted by molar-refractivity contribution is 1.24. The summed E-state index contributed by atoms with van der Waals surface area (Å²) >= 11 is 0. The summed E-state index contributed by atoms with van der Waals surface area (Å²) in [5, 5.41) is 0. The van der Waals surface area contributed by atoms with Crippen LogP contribution < -0.4 is 68.8 Å². The average molecular weight is 1070 g/mol. The van der Waals surface area contributed by atoms with Crippen LogP contribution in [0.25, 0.3) is 44.5 Å². The summed E-state index contributed by atoms with van der Waals surface area (Å²) in [5.74, 6) is 0. The first-order chi connectivity index (χ1) is 42.2. The molecular formula is C78H49B3N4. The third-order valence-electron chi connectivity index (χ3n) is 19.1. The molecule has 390 valence electrons. The van der Waals surface area contributed by atoms with Gasteiger partial charge in [-0.05, 0) is 166 Å². The highest BCUT2D eigenvalue weighted by Gasteiger charge is 2.55. The first-order valence-electron chi connectivity index (χ1n) is 29.8. The Bertz CT molecular complexity index is 4620. The van der Waals surface area contributed by atoms with E-state index < -0.39 is 0 Å². The Balaban J connectivity index is 0.993. The fourth-order valence-electron chi connectivity index (χ4n) is 15.7. The summed E-state index contributed by atoms with van der Waals surface area (Å²) in [5.41, 5.74) is 36.0. The third-order valence-corrected chi connectivity index (χ3v) is 19.1. The largest absolute Gasteiger partial charge is 0.312 e. The molecule has 6 aliphatic rings. The molecule has 0 N–H and O–H groups in total. The van der Waals surface area contributed by atoms with Crippen LogP contribution in [0.3, 0.4) is 0 Å². The Hall–Kier alpha value is -10.7. The van der Waals surface area contributed by atoms with E-state index in [0.717, 1.165) is 11.4 Å². The van der Waals surface area contributed by atoms with Gasteiger partial charge in [-0.3, -0.25) is 0 Å². The molecule has 0 atom stereocenters. The highest BCUT2D eigenvalue weighted by atomic mass is 15.2. The van der Waals surface area contributed by atoms with E-state index in [-0.39, 0.29) is 20.1 Å². The summed E-state index contributed by atoms with van der Waals surface area (Å²) in [6.45, 7) is -0.309. The van der Waals surface area contributed by atoms with Crippen LogP contribution in [0, 0.1) is 0 Å². The quantitative estimate of drug-likeness (QED) is 0.154. The highest BCUT2D eigenvalue weighted by molar-refractivity contribution is 7.07. The Morgan fingerprint density at radius 1 is 0.176 bits per heavy atom. The molecule has 6 heterocycles. The number of anilines is 12. The Kier molecular flexibility index (Phi) is 9.85. The summed E-state index contributed by atoms with van der Waals surface area (Å²) in [4.78, 5) is 10.6. The molecule has 13 aromatic carbocycles. The number of benzene rings is 13. The van der Waals surface area contributed by atoms with Crippen molar-refractivity contribution >= 4 is 138 Å². The number of para-hydroxylation sites is 4. The predicted molar refractivity (Wildman–Crippen MR) is 361 cm³/mol. The van der Waals surface area contributed by atoms with Gasteiger partial charge in [0.05, 0.1) is 0 Å². The van der Waals surface area contributed by atoms with Crippen molar-refractivity contribution in [3.05, 3.63) is 297 Å². The molecule has 0 radical (unpaired) electrons. The van der Waals surface area contributed by atoms with E-state index in [1.165, 1.54) is 151 Å². The number of fused-ring (bicyclic) bond motifs is 14. The summed E-state index contributed by atoms with van der Waals surface area (Å²) < 4.78 is 0. The maximum Gasteiger partial charge on any atom is 0.252 e. The van der Waals surface area contributed by atoms with Gasteiger partial charge in [0, 0.05) is 68.2 Å². The average Bonchev–Trinajstić information content (AvgIpc) is 0.761. The molecule has 0 saturated carbocycles. The molecule has 0 amide bonds. The van der Waals surface area contributed by atoms with Crippen LogP contribution in [-0.2, 0) is 0 Å². The fraction of sp³-hybridized carbons (Fsp3) is 0. The minimum atomic E-state index is -0.105. The second-order valence-electron chi connectivity index (χ2n) is 23.5. The van der Waals surface area contributed by atoms with Gasteiger partial charge < -0.3 is 19.6 Å². The number of hydrogen-bond donors (Lipinski definition) is 0. The monoisotopic (exact) mass is 1070 g/mol. The van der Waals surface area contributed by atoms with Crippen LogP contribution in [0.1, 0.15) is 0 Å². The first-order valence-corrected chi connectivity index (χ1v) is 29.8. The van der Waals surface area contributed by atoms with Crippen LogP contribution in [-0.4, -0.2) is 20.1 Å². The lowest BCUT2D eigenvalue weighted by Crippen LogP contribution is -2.72. The molecule has 0 bridgehead atoms. The lowest BCUT2D eigenvalue weighted by Gasteiger charge is -2.53. The molecule has 85 heavy (non-hydrogen) atoms. The molecule has 19 rings (SSSR count). The Morgan fingerprint density at radius 3 is 0.859 bits per heavy atom. The van der Waals surface area contributed by atoms with Crippen LogP contribution in [0.4, 0.5) is 68.2 Å². The van der Waals surface area contributed by atoms with Crippen LogP contribution in [0.2, 0.25) is 0 Å². The number of rotatable bonds is 6. The van der Waals surface area contributed by atoms with Gasteiger partial charge in [-0.1, -0.05) is 224 Å². The molecule has 0 fully saturated rings. The lowest BCUT2D eigenvalue weighted by atomic mass is 9.25. The Labute approximate surface area is 496 Å². The second-order valence-corrected chi connectivity index (χ2v) is 23.5. The van der Waals surface area contributed by atoms with Crippen LogP contribution >= 0.6 is 0 Å². The van der Waals surface area contributed by atoms with Crippen molar-refractivity contribution in [3.8, 4) is 44.5 Å². The smallest absolute Gasteiger partial charge is 0.252 e. The van der Waals surface area contributed by atoms with E-state index in [2.05, 4.69) is 317 Å². The number of hydrogen-bond acceptors (Lipinski definition) is 4. The van der Waals surface area contributed by atoms with Crippen LogP contribution in [0.5, 0.6) is 0 Å². The molecule has 0 spiro atoms. The van der Waals surface area contributed by atoms with Gasteiger partial charge in [0.25, 0.3) is 20.1 Å². The van der Waals surface area contributed by atoms with Crippen molar-refractivity contribution < 1.29 is 0 Å². The van der Waals surface area contributed by atoms with E-state index in [9.17, 15) is 0 Å². The SMILES string of the molecule is c1ccc(-c2ccc3c(c2)N2c4cc(-c5ccccc5)cc5c4B(c4ccccc4N5c4ccccc4)c4cc5c6c(c42)B3c2ccc(-c3ccccc3)cc2N6c2cc(-c3ccccc3)cc3c2B5c2ccccc2N3c2ccccc2)cc1. The maximum absolute atomic E-state index is 2.73. The summed E-state index contributed by atoms with van der Waals surface area (Å²) in [7, 11) is 0. The molecule has 0 aromatic heterocycles. The van der Waals surface area contributed by atoms with E-state index in [0.29, 0.717) is 0 Å². The van der Waals surface area contributed by atoms with Crippen molar-refractivity contribution in [1.82, 2.24) is 0 Å². The predicted octanol–water partition coefficient (Wildman–Crippen LogP) is 13.7. The van der Waals surface area contributed by atoms with Gasteiger partial charge in [-0.25, -0.2) is 0 Å². The standard InChI is InChI=1S/C78H49B3N4/c1-7-23-50(24-8-1)54-39-41-62-68(43-54)84-72-47-56(52-27-11-3-12-28-52)45-70-74(72)80(60-35-19-21-37-66(60)82(70)58-31-15-5-16-32-58)64-49-65-78-76(77(64)84)79(62)63-42-40-55(51-25-9-2-10-26-51)44-69(63)85(78)73-48-57(53-29-13-4-14-30-53)46-71-75(73)81(65)61-36-20-22-38-67(61)83(71)59-33-17-6-18-34-59/h1-49H. The molecular weight excluding hydrogens is 1030 g/mol. The zero-order valence-corrected chi connectivity index (χ0v) is 46.3. The van der Waals surface area contributed by atoms with Crippen molar-refractivity contribution in [2.24, 2.45) is 0 Å². The van der Waals surface area contributed by atoms with Crippen LogP contribution in [0.15, 0.2) is 297 Å². The van der Waals surface area contributed by atoms with E-state index in [1.807, 2.05) is 0 Å². The molecule has 6 aliphatic heterocycles. The Morgan fingerprint density at radius 2 is 0.471 bits per heavy atom. The van der Waals surface area contributed by atoms with E-state index >= 15 is 0 Å². The van der Waals surface area contributed by atoms with E-state index in [1.54, 1.807) is 0 Å². The van der Waals surface area contributed by atoms with Crippen molar-refractivity contribution in [1.29, 1.82) is 0 Å². The van der Waals surface area contributed by atoms with Gasteiger partial charge >= 0.3 is 0 Å². The molecule has 13 aromatic rings. The summed E-state index contributed by atoms with van der Waals surface area (Å²) in [6, 6.07) is 112. The highest BCUT2D eigenvalue weighted by Crippen LogP contribution is 2.52. The van der Waals surface area contributed by atoms with Gasteiger partial charge in [0.15, 0.2) is 0 Å². The van der Waals surface area contributed by atoms with Gasteiger partial charge in [-0.15, -0.1) is 0 Å². The zero-order valence-electron chi connectivity index (χ0n) is 46.3. The normalized spacial score (nSPS) is 13.7. The van der Waals surface area contributed by atoms with Crippen molar-refractivity contribution in [3.63, 3.8) is 0 Å². The summed E-state index contributed by atoms with van der Waals surface area (Å²) in [6.07, 6.45) is 0. The molecule has 7 heteroatoms. The van der Waals surface area contributed by atoms with E-state index in [4.69, 9.17) is 0 Å². The molecule has 0 unspecified atom stereocenters. The zero-order chi connectivity index (χ0) is 55.4. The molecule has 0 aliphatic carbocycles. The van der Waals surface area contributed by atoms with Crippen molar-refractivity contribution in [2.45, 2.75) is 0 Å². The second kappa shape index (κ2) is 17.9. The first kappa shape index (κ1) is 46.8. The minimum Gasteiger partial charge on any atom is -0.312 e.